The number of hydrogen-bond donors (Lipinski definition) is 1. The molecule has 0 spiro atoms. The molecular weight excluding hydrogens is 382 g/mol. The maximum atomic E-state index is 11.1. The van der Waals surface area contributed by atoms with Crippen molar-refractivity contribution in [2.24, 2.45) is 0 Å². The van der Waals surface area contributed by atoms with E-state index in [0.29, 0.717) is 44.5 Å². The van der Waals surface area contributed by atoms with Crippen molar-refractivity contribution in [2.75, 3.05) is 0 Å². The van der Waals surface area contributed by atoms with Crippen LogP contribution in [0, 0.1) is 10.1 Å². The van der Waals surface area contributed by atoms with Crippen LogP contribution in [0.25, 0.3) is 44.5 Å². The first-order chi connectivity index (χ1) is 13.5. The molecule has 0 radical (unpaired) electrons. The normalized spacial score (nSPS) is 11.5. The molecule has 136 valence electrons. The summed E-state index contributed by atoms with van der Waals surface area (Å²) in [4.78, 5) is 24.1. The van der Waals surface area contributed by atoms with Crippen molar-refractivity contribution >= 4 is 50.4 Å². The highest BCUT2D eigenvalue weighted by Crippen LogP contribution is 2.31. The molecule has 0 saturated heterocycles. The number of fused-ring (bicyclic) bond motifs is 3. The van der Waals surface area contributed by atoms with Crippen LogP contribution in [0.1, 0.15) is 0 Å². The zero-order chi connectivity index (χ0) is 19.4. The lowest BCUT2D eigenvalue weighted by molar-refractivity contribution is -0.384. The minimum atomic E-state index is -0.549. The quantitative estimate of drug-likeness (QED) is 0.204. The summed E-state index contributed by atoms with van der Waals surface area (Å²) in [6.07, 6.45) is 0. The zero-order valence-corrected chi connectivity index (χ0v) is 14.8. The van der Waals surface area contributed by atoms with Crippen LogP contribution in [0.4, 0.5) is 5.69 Å². The second-order valence-corrected chi connectivity index (χ2v) is 6.62. The van der Waals surface area contributed by atoms with Crippen LogP contribution >= 0.6 is 11.6 Å². The number of aromatic nitrogens is 4. The van der Waals surface area contributed by atoms with Crippen molar-refractivity contribution < 1.29 is 10.1 Å². The fraction of sp³-hybridized carbons (Fsp3) is 0. The third-order valence-corrected chi connectivity index (χ3v) is 4.82. The molecule has 0 fully saturated rings. The molecule has 1 N–H and O–H groups in total. The van der Waals surface area contributed by atoms with Crippen LogP contribution in [0.3, 0.4) is 0 Å². The summed E-state index contributed by atoms with van der Waals surface area (Å²) in [5.74, 6) is 0.333. The molecule has 0 amide bonds. The molecule has 5 aromatic rings. The van der Waals surface area contributed by atoms with Crippen LogP contribution in [0.2, 0.25) is 5.02 Å². The molecule has 2 aromatic heterocycles. The molecule has 28 heavy (non-hydrogen) atoms. The Morgan fingerprint density at radius 1 is 0.893 bits per heavy atom. The number of halogens is 1. The molecule has 9 heteroatoms. The first kappa shape index (κ1) is 16.4. The summed E-state index contributed by atoms with van der Waals surface area (Å²) in [6, 6.07) is 15.1. The third-order valence-electron chi connectivity index (χ3n) is 4.50. The van der Waals surface area contributed by atoms with Gasteiger partial charge in [-0.15, -0.1) is 0 Å². The Morgan fingerprint density at radius 2 is 1.64 bits per heavy atom. The van der Waals surface area contributed by atoms with Crippen LogP contribution < -0.4 is 0 Å². The highest BCUT2D eigenvalue weighted by molar-refractivity contribution is 6.32. The van der Waals surface area contributed by atoms with Gasteiger partial charge in [-0.2, -0.15) is 4.73 Å². The fourth-order valence-electron chi connectivity index (χ4n) is 3.16. The minimum Gasteiger partial charge on any atom is -0.428 e. The first-order valence-corrected chi connectivity index (χ1v) is 8.61. The number of rotatable bonds is 2. The molecule has 0 aliphatic rings. The number of para-hydroxylation sites is 2. The summed E-state index contributed by atoms with van der Waals surface area (Å²) in [5, 5.41) is 21.7. The number of nitrogens with zero attached hydrogens (tertiary/aromatic N) is 5. The molecule has 0 atom stereocenters. The van der Waals surface area contributed by atoms with E-state index in [1.807, 2.05) is 12.1 Å². The van der Waals surface area contributed by atoms with Gasteiger partial charge in [-0.3, -0.25) is 10.1 Å². The Morgan fingerprint density at radius 3 is 2.43 bits per heavy atom. The van der Waals surface area contributed by atoms with Gasteiger partial charge >= 0.3 is 0 Å². The van der Waals surface area contributed by atoms with Crippen molar-refractivity contribution in [3.05, 3.63) is 69.7 Å². The highest BCUT2D eigenvalue weighted by Gasteiger charge is 2.17. The molecule has 0 unspecified atom stereocenters. The Labute approximate surface area is 161 Å². The summed E-state index contributed by atoms with van der Waals surface area (Å²) in [7, 11) is 0. The summed E-state index contributed by atoms with van der Waals surface area (Å²) in [6.45, 7) is 0. The SMILES string of the molecule is O=[N+]([O-])c1cc(-c2nc3cc4nc5ccccc5n(O)c4cc3n2)ccc1Cl. The lowest BCUT2D eigenvalue weighted by Gasteiger charge is -2.07. The van der Waals surface area contributed by atoms with Crippen molar-refractivity contribution in [3.63, 3.8) is 0 Å². The van der Waals surface area contributed by atoms with E-state index in [0.717, 1.165) is 4.73 Å². The number of benzene rings is 3. The van der Waals surface area contributed by atoms with Gasteiger partial charge in [-0.25, -0.2) is 15.0 Å². The number of hydrogen-bond acceptors (Lipinski definition) is 6. The van der Waals surface area contributed by atoms with E-state index in [9.17, 15) is 15.3 Å². The van der Waals surface area contributed by atoms with Gasteiger partial charge in [-0.05, 0) is 36.4 Å². The smallest absolute Gasteiger partial charge is 0.288 e. The van der Waals surface area contributed by atoms with E-state index < -0.39 is 4.92 Å². The largest absolute Gasteiger partial charge is 0.428 e. The Bertz CT molecular complexity index is 1430. The molecule has 5 rings (SSSR count). The third kappa shape index (κ3) is 2.43. The van der Waals surface area contributed by atoms with E-state index in [-0.39, 0.29) is 10.7 Å². The van der Waals surface area contributed by atoms with E-state index >= 15 is 0 Å². The fourth-order valence-corrected chi connectivity index (χ4v) is 3.35. The number of imidazole rings is 1. The van der Waals surface area contributed by atoms with Gasteiger partial charge in [0.15, 0.2) is 5.82 Å². The van der Waals surface area contributed by atoms with Crippen LogP contribution in [0.15, 0.2) is 54.6 Å². The van der Waals surface area contributed by atoms with Crippen LogP contribution in [-0.4, -0.2) is 29.8 Å². The minimum absolute atomic E-state index is 0.0489. The van der Waals surface area contributed by atoms with Gasteiger partial charge in [0.2, 0.25) is 0 Å². The molecule has 0 aliphatic heterocycles. The molecular formula is C19H10ClN5O3. The average Bonchev–Trinajstić information content (AvgIpc) is 3.10. The van der Waals surface area contributed by atoms with E-state index in [4.69, 9.17) is 11.6 Å². The van der Waals surface area contributed by atoms with Crippen molar-refractivity contribution in [3.8, 4) is 11.4 Å². The lowest BCUT2D eigenvalue weighted by atomic mass is 10.2. The number of nitro benzene ring substituents is 1. The standard InChI is InChI=1S/C19H10ClN5O3/c20-11-6-5-10(7-17(11)25(27)28)19-22-13-8-15-18(9-14(13)23-19)24(26)16-4-2-1-3-12(16)21-15/h1-9,26H. The Kier molecular flexibility index (Phi) is 3.43. The first-order valence-electron chi connectivity index (χ1n) is 8.24. The molecule has 0 bridgehead atoms. The Balaban J connectivity index is 1.74. The van der Waals surface area contributed by atoms with Crippen molar-refractivity contribution in [2.45, 2.75) is 0 Å². The van der Waals surface area contributed by atoms with Crippen molar-refractivity contribution in [1.29, 1.82) is 0 Å². The predicted molar refractivity (Wildman–Crippen MR) is 105 cm³/mol. The maximum absolute atomic E-state index is 11.1. The van der Waals surface area contributed by atoms with Gasteiger partial charge in [0.05, 0.1) is 27.0 Å². The zero-order valence-electron chi connectivity index (χ0n) is 14.1. The maximum Gasteiger partial charge on any atom is 0.288 e. The van der Waals surface area contributed by atoms with Crippen LogP contribution in [0.5, 0.6) is 0 Å². The van der Waals surface area contributed by atoms with Gasteiger partial charge < -0.3 is 5.21 Å². The number of nitro groups is 1. The van der Waals surface area contributed by atoms with Gasteiger partial charge in [0.1, 0.15) is 16.1 Å². The summed E-state index contributed by atoms with van der Waals surface area (Å²) < 4.78 is 1.07. The molecule has 0 aliphatic carbocycles. The Hall–Kier alpha value is -3.78. The predicted octanol–water partition coefficient (Wildman–Crippen LogP) is 4.60. The average molecular weight is 392 g/mol. The van der Waals surface area contributed by atoms with E-state index in [2.05, 4.69) is 15.0 Å². The molecule has 8 nitrogen and oxygen atoms in total. The van der Waals surface area contributed by atoms with Gasteiger partial charge in [0, 0.05) is 11.6 Å². The highest BCUT2D eigenvalue weighted by atomic mass is 35.5. The topological polar surface area (TPSA) is 107 Å². The van der Waals surface area contributed by atoms with E-state index in [1.54, 1.807) is 30.3 Å². The van der Waals surface area contributed by atoms with Gasteiger partial charge in [0.25, 0.3) is 5.69 Å². The van der Waals surface area contributed by atoms with Crippen LogP contribution in [-0.2, 0) is 0 Å². The second kappa shape index (κ2) is 5.86. The summed E-state index contributed by atoms with van der Waals surface area (Å²) in [5.41, 5.74) is 3.64. The van der Waals surface area contributed by atoms with Crippen molar-refractivity contribution in [1.82, 2.24) is 19.7 Å². The van der Waals surface area contributed by atoms with E-state index in [1.165, 1.54) is 12.1 Å². The van der Waals surface area contributed by atoms with Gasteiger partial charge in [-0.1, -0.05) is 23.7 Å². The molecule has 0 saturated carbocycles. The summed E-state index contributed by atoms with van der Waals surface area (Å²) >= 11 is 5.88. The second-order valence-electron chi connectivity index (χ2n) is 6.21. The molecule has 3 aromatic carbocycles. The molecule has 2 heterocycles. The monoisotopic (exact) mass is 391 g/mol. The lowest BCUT2D eigenvalue weighted by Crippen LogP contribution is -1.99.